The van der Waals surface area contributed by atoms with Gasteiger partial charge in [0.2, 0.25) is 0 Å². The van der Waals surface area contributed by atoms with E-state index in [2.05, 4.69) is 16.2 Å². The van der Waals surface area contributed by atoms with Crippen LogP contribution in [0.4, 0.5) is 0 Å². The standard InChI is InChI=1S/C31H28O4.C4H7.ClH.Ti/c1-29(2)34-27(30(32,23-15-7-3-8-16-23)24-17-9-4-10-18-24)28(35-29)31(33,25-19-11-5-12-20-25)26-21-13-6-14-22-26;1-3-4-2;;/h3-22,27-28H,1-2H3;3-4H,1H2,2H3;1H;/q-2;-1;;+4/p-1/b;4-3+;;/t27-,28-;;;/m0.../s1. The number of halogens is 1. The SMILES string of the molecule is CC1(C)O[C@H](C([O-])(c2ccccc2)c2ccccc2)[C@@H](C([O-])(c2ccccc2)c2ccccc2)O1.[CH2-]/C=C/C.[Cl][Ti+3]. The van der Waals surface area contributed by atoms with Crippen molar-refractivity contribution in [1.29, 1.82) is 0 Å². The van der Waals surface area contributed by atoms with Crippen LogP contribution in [-0.4, -0.2) is 18.0 Å². The van der Waals surface area contributed by atoms with E-state index in [1.807, 2.05) is 85.8 Å². The van der Waals surface area contributed by atoms with Gasteiger partial charge in [-0.25, -0.2) is 19.1 Å². The van der Waals surface area contributed by atoms with Gasteiger partial charge in [0.1, 0.15) is 0 Å². The van der Waals surface area contributed by atoms with Crippen molar-refractivity contribution in [2.24, 2.45) is 0 Å². The minimum absolute atomic E-state index is 0.519. The average molecular weight is 603 g/mol. The summed E-state index contributed by atoms with van der Waals surface area (Å²) in [4.78, 5) is 0. The summed E-state index contributed by atoms with van der Waals surface area (Å²) in [6, 6.07) is 36.5. The van der Waals surface area contributed by atoms with E-state index in [1.54, 1.807) is 68.5 Å². The summed E-state index contributed by atoms with van der Waals surface area (Å²) in [5.41, 5.74) is -1.70. The zero-order valence-electron chi connectivity index (χ0n) is 23.6. The molecular weight excluding hydrogens is 568 g/mol. The Bertz CT molecular complexity index is 1150. The van der Waals surface area contributed by atoms with Gasteiger partial charge in [0.05, 0.1) is 12.2 Å². The summed E-state index contributed by atoms with van der Waals surface area (Å²) in [6.07, 6.45) is 1.42. The summed E-state index contributed by atoms with van der Waals surface area (Å²) in [5, 5.41) is 30.3. The van der Waals surface area contributed by atoms with E-state index in [1.165, 1.54) is 19.4 Å². The number of allylic oxidation sites excluding steroid dienone is 2. The molecule has 2 atom stereocenters. The maximum absolute atomic E-state index is 15.2. The molecule has 0 bridgehead atoms. The summed E-state index contributed by atoms with van der Waals surface area (Å²) >= 11 is 1.47. The Morgan fingerprint density at radius 1 is 0.634 bits per heavy atom. The van der Waals surface area contributed by atoms with Gasteiger partial charge >= 0.3 is 28.7 Å². The van der Waals surface area contributed by atoms with E-state index >= 15 is 10.2 Å². The van der Waals surface area contributed by atoms with Crippen molar-refractivity contribution in [2.75, 3.05) is 0 Å². The second kappa shape index (κ2) is 15.0. The van der Waals surface area contributed by atoms with Gasteiger partial charge in [-0.3, -0.25) is 0 Å². The fraction of sp³-hybridized carbons (Fsp3) is 0.229. The van der Waals surface area contributed by atoms with Gasteiger partial charge in [0.15, 0.2) is 5.79 Å². The molecule has 0 radical (unpaired) electrons. The Labute approximate surface area is 259 Å². The normalized spacial score (nSPS) is 18.1. The molecule has 5 rings (SSSR count). The molecule has 0 spiro atoms. The number of rotatable bonds is 6. The molecule has 6 heteroatoms. The number of hydrogen-bond donors (Lipinski definition) is 0. The van der Waals surface area contributed by atoms with Crippen LogP contribution in [-0.2, 0) is 40.1 Å². The van der Waals surface area contributed by atoms with Crippen LogP contribution in [0.15, 0.2) is 133 Å². The molecule has 0 amide bonds. The molecule has 1 aliphatic rings. The molecule has 0 aliphatic carbocycles. The molecular formula is C35H35ClO4Ti. The van der Waals surface area contributed by atoms with Crippen LogP contribution in [0.3, 0.4) is 0 Å². The van der Waals surface area contributed by atoms with Gasteiger partial charge in [-0.15, -0.1) is 6.92 Å². The van der Waals surface area contributed by atoms with Crippen molar-refractivity contribution < 1.29 is 39.1 Å². The Morgan fingerprint density at radius 3 is 1.05 bits per heavy atom. The zero-order chi connectivity index (χ0) is 29.9. The van der Waals surface area contributed by atoms with Gasteiger partial charge in [0.25, 0.3) is 0 Å². The fourth-order valence-electron chi connectivity index (χ4n) is 5.09. The third-order valence-corrected chi connectivity index (χ3v) is 6.94. The molecule has 4 aromatic carbocycles. The predicted molar refractivity (Wildman–Crippen MR) is 157 cm³/mol. The number of hydrogen-bond acceptors (Lipinski definition) is 4. The molecule has 0 unspecified atom stereocenters. The van der Waals surface area contributed by atoms with Crippen LogP contribution < -0.4 is 10.2 Å². The molecule has 4 aromatic rings. The van der Waals surface area contributed by atoms with E-state index in [0.29, 0.717) is 22.3 Å². The van der Waals surface area contributed by atoms with E-state index in [9.17, 15) is 0 Å². The fourth-order valence-corrected chi connectivity index (χ4v) is 5.09. The Kier molecular flexibility index (Phi) is 12.0. The molecule has 0 aromatic heterocycles. The molecule has 210 valence electrons. The molecule has 0 saturated carbocycles. The van der Waals surface area contributed by atoms with Crippen LogP contribution in [0.1, 0.15) is 43.0 Å². The summed E-state index contributed by atoms with van der Waals surface area (Å²) in [6.45, 7) is 8.87. The first-order valence-electron chi connectivity index (χ1n) is 13.3. The van der Waals surface area contributed by atoms with Crippen LogP contribution in [0.2, 0.25) is 0 Å². The number of benzene rings is 4. The monoisotopic (exact) mass is 602 g/mol. The van der Waals surface area contributed by atoms with Crippen molar-refractivity contribution in [3.8, 4) is 0 Å². The van der Waals surface area contributed by atoms with Crippen LogP contribution in [0.5, 0.6) is 0 Å². The summed E-state index contributed by atoms with van der Waals surface area (Å²) in [7, 11) is 4.64. The van der Waals surface area contributed by atoms with Gasteiger partial charge in [-0.2, -0.15) is 0 Å². The molecule has 0 N–H and O–H groups in total. The molecule has 1 fully saturated rings. The average Bonchev–Trinajstić information content (AvgIpc) is 3.39. The van der Waals surface area contributed by atoms with Gasteiger partial charge < -0.3 is 19.7 Å². The Morgan fingerprint density at radius 2 is 0.854 bits per heavy atom. The first-order chi connectivity index (χ1) is 19.8. The van der Waals surface area contributed by atoms with Gasteiger partial charge in [0, 0.05) is 0 Å². The second-order valence-corrected chi connectivity index (χ2v) is 9.98. The summed E-state index contributed by atoms with van der Waals surface area (Å²) < 4.78 is 12.8. The van der Waals surface area contributed by atoms with Crippen LogP contribution in [0, 0.1) is 6.92 Å². The third kappa shape index (κ3) is 7.22. The molecule has 1 heterocycles. The van der Waals surface area contributed by atoms with Crippen molar-refractivity contribution in [1.82, 2.24) is 0 Å². The van der Waals surface area contributed by atoms with Gasteiger partial charge in [-0.1, -0.05) is 144 Å². The Balaban J connectivity index is 0.000000710. The van der Waals surface area contributed by atoms with Gasteiger partial charge in [-0.05, 0) is 25.0 Å². The van der Waals surface area contributed by atoms with Crippen molar-refractivity contribution >= 4 is 9.30 Å². The zero-order valence-corrected chi connectivity index (χ0v) is 25.9. The quantitative estimate of drug-likeness (QED) is 0.195. The minimum atomic E-state index is -1.89. The van der Waals surface area contributed by atoms with E-state index in [-0.39, 0.29) is 0 Å². The Hall–Kier alpha value is -2.67. The topological polar surface area (TPSA) is 64.6 Å². The molecule has 1 saturated heterocycles. The maximum atomic E-state index is 15.2. The van der Waals surface area contributed by atoms with Crippen molar-refractivity contribution in [2.45, 2.75) is 50.0 Å². The third-order valence-electron chi connectivity index (χ3n) is 6.94. The van der Waals surface area contributed by atoms with E-state index in [0.717, 1.165) is 0 Å². The van der Waals surface area contributed by atoms with Crippen molar-refractivity contribution in [3.05, 3.63) is 163 Å². The molecule has 41 heavy (non-hydrogen) atoms. The van der Waals surface area contributed by atoms with Crippen LogP contribution >= 0.6 is 9.30 Å². The summed E-state index contributed by atoms with van der Waals surface area (Å²) in [5.74, 6) is -1.13. The molecule has 4 nitrogen and oxygen atoms in total. The first-order valence-corrected chi connectivity index (χ1v) is 15.5. The predicted octanol–water partition coefficient (Wildman–Crippen LogP) is 6.20. The van der Waals surface area contributed by atoms with E-state index in [4.69, 9.17) is 9.47 Å². The van der Waals surface area contributed by atoms with Crippen LogP contribution in [0.25, 0.3) is 0 Å². The van der Waals surface area contributed by atoms with Crippen molar-refractivity contribution in [3.63, 3.8) is 0 Å². The van der Waals surface area contributed by atoms with E-state index < -0.39 is 29.2 Å². The molecule has 1 aliphatic heterocycles. The second-order valence-electron chi connectivity index (χ2n) is 9.98. The first kappa shape index (κ1) is 32.8. The number of ether oxygens (including phenoxy) is 2.